The van der Waals surface area contributed by atoms with Gasteiger partial charge in [-0.05, 0) is 12.5 Å². The molecule has 4 heteroatoms. The van der Waals surface area contributed by atoms with Crippen molar-refractivity contribution in [2.24, 2.45) is 0 Å². The average Bonchev–Trinajstić information content (AvgIpc) is 2.02. The van der Waals surface area contributed by atoms with Crippen molar-refractivity contribution in [2.75, 3.05) is 13.2 Å². The Hall–Kier alpha value is -0.680. The second kappa shape index (κ2) is 7.00. The predicted octanol–water partition coefficient (Wildman–Crippen LogP) is 2.28. The highest BCUT2D eigenvalue weighted by atomic mass is 31.1. The molecule has 0 aliphatic carbocycles. The molecule has 0 saturated carbocycles. The van der Waals surface area contributed by atoms with E-state index in [-0.39, 0.29) is 6.61 Å². The van der Waals surface area contributed by atoms with Crippen LogP contribution in [0.25, 0.3) is 0 Å². The summed E-state index contributed by atoms with van der Waals surface area (Å²) in [5, 5.41) is 0. The number of hydrogen-bond acceptors (Lipinski definition) is 3. The lowest BCUT2D eigenvalue weighted by atomic mass is 10.2. The molecule has 0 bridgehead atoms. The third-order valence-electron chi connectivity index (χ3n) is 0.961. The summed E-state index contributed by atoms with van der Waals surface area (Å²) in [6.07, 6.45) is 5.46. The Morgan fingerprint density at radius 3 is 2.83 bits per heavy atom. The van der Waals surface area contributed by atoms with E-state index < -0.39 is 8.25 Å². The van der Waals surface area contributed by atoms with Crippen LogP contribution in [0.15, 0.2) is 12.2 Å². The standard InChI is InChI=1S/C8H12O3P/c1-4-6-8(3)7-11-12(9)10-5-2/h1H,3,5-7H2,2H3/q+1. The highest BCUT2D eigenvalue weighted by Gasteiger charge is 2.18. The molecule has 0 rings (SSSR count). The van der Waals surface area contributed by atoms with Crippen molar-refractivity contribution in [3.63, 3.8) is 0 Å². The highest BCUT2D eigenvalue weighted by molar-refractivity contribution is 7.33. The summed E-state index contributed by atoms with van der Waals surface area (Å²) in [7, 11) is -2.00. The van der Waals surface area contributed by atoms with Gasteiger partial charge in [0.15, 0.2) is 0 Å². The van der Waals surface area contributed by atoms with E-state index in [1.165, 1.54) is 0 Å². The van der Waals surface area contributed by atoms with Crippen molar-refractivity contribution < 1.29 is 13.6 Å². The predicted molar refractivity (Wildman–Crippen MR) is 47.8 cm³/mol. The molecular weight excluding hydrogens is 175 g/mol. The fourth-order valence-corrected chi connectivity index (χ4v) is 1.06. The number of rotatable bonds is 6. The van der Waals surface area contributed by atoms with Crippen LogP contribution in [-0.4, -0.2) is 13.2 Å². The Morgan fingerprint density at radius 2 is 2.33 bits per heavy atom. The molecule has 0 N–H and O–H groups in total. The molecule has 3 nitrogen and oxygen atoms in total. The first kappa shape index (κ1) is 11.3. The van der Waals surface area contributed by atoms with Crippen LogP contribution in [0.4, 0.5) is 0 Å². The Balaban J connectivity index is 3.48. The largest absolute Gasteiger partial charge is 0.697 e. The minimum Gasteiger partial charge on any atom is -0.120 e. The van der Waals surface area contributed by atoms with E-state index in [0.29, 0.717) is 13.0 Å². The first-order chi connectivity index (χ1) is 5.70. The Kier molecular flexibility index (Phi) is 6.60. The zero-order valence-electron chi connectivity index (χ0n) is 7.08. The molecule has 0 radical (unpaired) electrons. The SMILES string of the molecule is C#CCC(=C)CO[P+](=O)OCC. The van der Waals surface area contributed by atoms with Crippen LogP contribution in [0.1, 0.15) is 13.3 Å². The van der Waals surface area contributed by atoms with Crippen molar-refractivity contribution in [3.05, 3.63) is 12.2 Å². The molecule has 0 aliphatic rings. The summed E-state index contributed by atoms with van der Waals surface area (Å²) in [6.45, 7) is 5.93. The Morgan fingerprint density at radius 1 is 1.67 bits per heavy atom. The van der Waals surface area contributed by atoms with Crippen LogP contribution in [-0.2, 0) is 13.6 Å². The van der Waals surface area contributed by atoms with Crippen molar-refractivity contribution >= 4 is 8.25 Å². The fourth-order valence-electron chi connectivity index (χ4n) is 0.482. The molecule has 0 heterocycles. The van der Waals surface area contributed by atoms with Crippen LogP contribution in [0.2, 0.25) is 0 Å². The van der Waals surface area contributed by atoms with E-state index in [1.807, 2.05) is 0 Å². The molecule has 0 aromatic rings. The topological polar surface area (TPSA) is 35.5 Å². The zero-order valence-corrected chi connectivity index (χ0v) is 7.97. The third kappa shape index (κ3) is 6.06. The molecule has 0 saturated heterocycles. The van der Waals surface area contributed by atoms with Crippen LogP contribution >= 0.6 is 8.25 Å². The van der Waals surface area contributed by atoms with Crippen molar-refractivity contribution in [2.45, 2.75) is 13.3 Å². The van der Waals surface area contributed by atoms with Crippen molar-refractivity contribution in [1.29, 1.82) is 0 Å². The van der Waals surface area contributed by atoms with Crippen molar-refractivity contribution in [3.8, 4) is 12.3 Å². The normalized spacial score (nSPS) is 10.5. The molecule has 1 unspecified atom stereocenters. The van der Waals surface area contributed by atoms with Gasteiger partial charge in [-0.1, -0.05) is 6.58 Å². The van der Waals surface area contributed by atoms with Crippen LogP contribution in [0.5, 0.6) is 0 Å². The summed E-state index contributed by atoms with van der Waals surface area (Å²) in [5.74, 6) is 2.41. The van der Waals surface area contributed by atoms with Gasteiger partial charge in [-0.25, -0.2) is 0 Å². The van der Waals surface area contributed by atoms with Gasteiger partial charge in [0.05, 0.1) is 0 Å². The molecule has 0 fully saturated rings. The number of hydrogen-bond donors (Lipinski definition) is 0. The molecule has 0 spiro atoms. The lowest BCUT2D eigenvalue weighted by Gasteiger charge is -1.92. The van der Waals surface area contributed by atoms with Gasteiger partial charge in [-0.2, -0.15) is 0 Å². The molecule has 66 valence electrons. The van der Waals surface area contributed by atoms with E-state index in [0.717, 1.165) is 5.57 Å². The minimum absolute atomic E-state index is 0.194. The lowest BCUT2D eigenvalue weighted by molar-refractivity contribution is 0.247. The van der Waals surface area contributed by atoms with Gasteiger partial charge in [0.2, 0.25) is 0 Å². The Bertz CT molecular complexity index is 205. The number of terminal acetylenes is 1. The molecule has 0 aromatic carbocycles. The summed E-state index contributed by atoms with van der Waals surface area (Å²) in [5.41, 5.74) is 0.723. The van der Waals surface area contributed by atoms with E-state index in [2.05, 4.69) is 17.0 Å². The first-order valence-electron chi connectivity index (χ1n) is 3.54. The highest BCUT2D eigenvalue weighted by Crippen LogP contribution is 2.23. The molecule has 0 aliphatic heterocycles. The van der Waals surface area contributed by atoms with Crippen LogP contribution < -0.4 is 0 Å². The average molecular weight is 187 g/mol. The maximum absolute atomic E-state index is 10.8. The van der Waals surface area contributed by atoms with Gasteiger partial charge >= 0.3 is 8.25 Å². The monoisotopic (exact) mass is 187 g/mol. The van der Waals surface area contributed by atoms with E-state index in [9.17, 15) is 4.57 Å². The smallest absolute Gasteiger partial charge is 0.120 e. The lowest BCUT2D eigenvalue weighted by Crippen LogP contribution is -1.91. The summed E-state index contributed by atoms with van der Waals surface area (Å²) >= 11 is 0. The second-order valence-electron chi connectivity index (χ2n) is 2.05. The van der Waals surface area contributed by atoms with Crippen LogP contribution in [0, 0.1) is 12.3 Å². The molecule has 0 aromatic heterocycles. The zero-order chi connectivity index (χ0) is 9.40. The van der Waals surface area contributed by atoms with Gasteiger partial charge in [-0.15, -0.1) is 21.4 Å². The Labute approximate surface area is 73.7 Å². The molecular formula is C8H12O3P+. The molecule has 1 atom stereocenters. The quantitative estimate of drug-likeness (QED) is 0.363. The molecule has 0 amide bonds. The van der Waals surface area contributed by atoms with Crippen LogP contribution in [0.3, 0.4) is 0 Å². The van der Waals surface area contributed by atoms with Gasteiger partial charge in [0.1, 0.15) is 13.2 Å². The second-order valence-corrected chi connectivity index (χ2v) is 3.01. The minimum atomic E-state index is -2.00. The van der Waals surface area contributed by atoms with E-state index >= 15 is 0 Å². The third-order valence-corrected chi connectivity index (χ3v) is 1.77. The van der Waals surface area contributed by atoms with E-state index in [4.69, 9.17) is 10.9 Å². The first-order valence-corrected chi connectivity index (χ1v) is 4.63. The van der Waals surface area contributed by atoms with Gasteiger partial charge in [0.25, 0.3) is 0 Å². The summed E-state index contributed by atoms with van der Waals surface area (Å²) in [4.78, 5) is 0. The van der Waals surface area contributed by atoms with Crippen molar-refractivity contribution in [1.82, 2.24) is 0 Å². The summed E-state index contributed by atoms with van der Waals surface area (Å²) in [6, 6.07) is 0. The fraction of sp³-hybridized carbons (Fsp3) is 0.500. The van der Waals surface area contributed by atoms with Gasteiger partial charge in [-0.3, -0.25) is 0 Å². The van der Waals surface area contributed by atoms with Gasteiger partial charge in [0, 0.05) is 11.0 Å². The molecule has 12 heavy (non-hydrogen) atoms. The maximum atomic E-state index is 10.8. The van der Waals surface area contributed by atoms with E-state index in [1.54, 1.807) is 6.92 Å². The van der Waals surface area contributed by atoms with Gasteiger partial charge < -0.3 is 0 Å². The maximum Gasteiger partial charge on any atom is 0.697 e. The summed E-state index contributed by atoms with van der Waals surface area (Å²) < 4.78 is 20.2.